The van der Waals surface area contributed by atoms with Crippen LogP contribution in [0.5, 0.6) is 0 Å². The first-order chi connectivity index (χ1) is 35.6. The molecule has 342 valence electrons. The molecule has 0 fully saturated rings. The maximum absolute atomic E-state index is 5.44. The molecule has 11 aromatic rings. The third kappa shape index (κ3) is 9.58. The Morgan fingerprint density at radius 2 is 0.486 bits per heavy atom. The smallest absolute Gasteiger partial charge is 0.131 e. The Morgan fingerprint density at radius 3 is 0.889 bits per heavy atom. The second-order valence-corrected chi connectivity index (χ2v) is 18.5. The topological polar surface area (TPSA) is 36.4 Å². The zero-order valence-electron chi connectivity index (χ0n) is 39.7. The van der Waals surface area contributed by atoms with Crippen LogP contribution in [0.4, 0.5) is 0 Å². The summed E-state index contributed by atoms with van der Waals surface area (Å²) in [6, 6.07) is 102. The molecule has 1 aliphatic heterocycles. The molecule has 3 nitrogen and oxygen atoms in total. The minimum atomic E-state index is -0.313. The zero-order valence-corrected chi connectivity index (χ0v) is 39.7. The van der Waals surface area contributed by atoms with Crippen molar-refractivity contribution < 1.29 is 0 Å². The van der Waals surface area contributed by atoms with Gasteiger partial charge in [-0.05, 0) is 143 Å². The van der Waals surface area contributed by atoms with Gasteiger partial charge in [-0.15, -0.1) is 0 Å². The summed E-state index contributed by atoms with van der Waals surface area (Å²) >= 11 is 0. The van der Waals surface area contributed by atoms with Crippen LogP contribution in [0.15, 0.2) is 290 Å². The molecule has 2 N–H and O–H groups in total. The van der Waals surface area contributed by atoms with Gasteiger partial charge in [-0.25, -0.2) is 4.99 Å². The largest absolute Gasteiger partial charge is 0.350 e. The highest BCUT2D eigenvalue weighted by atomic mass is 15.3. The fourth-order valence-corrected chi connectivity index (χ4v) is 9.94. The molecule has 12 rings (SSSR count). The van der Waals surface area contributed by atoms with Crippen LogP contribution in [0.1, 0.15) is 29.0 Å². The Bertz CT molecular complexity index is 3690. The summed E-state index contributed by atoms with van der Waals surface area (Å²) in [7, 11) is 0. The van der Waals surface area contributed by atoms with E-state index in [1.54, 1.807) is 0 Å². The highest BCUT2D eigenvalue weighted by Gasteiger charge is 2.26. The average Bonchev–Trinajstić information content (AvgIpc) is 3.48. The van der Waals surface area contributed by atoms with Crippen LogP contribution in [0.3, 0.4) is 0 Å². The van der Waals surface area contributed by atoms with Gasteiger partial charge in [0.1, 0.15) is 18.2 Å². The first-order valence-corrected chi connectivity index (χ1v) is 24.7. The van der Waals surface area contributed by atoms with E-state index in [0.717, 1.165) is 39.2 Å². The van der Waals surface area contributed by atoms with E-state index >= 15 is 0 Å². The number of aliphatic imine (C=N–C) groups is 1. The molecular weight excluding hydrogens is 871 g/mol. The van der Waals surface area contributed by atoms with E-state index in [4.69, 9.17) is 4.99 Å². The predicted molar refractivity (Wildman–Crippen MR) is 301 cm³/mol. The quantitative estimate of drug-likeness (QED) is 0.136. The molecule has 0 amide bonds. The minimum absolute atomic E-state index is 0.209. The van der Waals surface area contributed by atoms with Crippen molar-refractivity contribution in [1.29, 1.82) is 0 Å². The molecule has 2 unspecified atom stereocenters. The summed E-state index contributed by atoms with van der Waals surface area (Å²) < 4.78 is 0. The first kappa shape index (κ1) is 44.1. The molecular formula is C69H51N3. The number of rotatable bonds is 11. The Labute approximate surface area is 422 Å². The molecule has 3 heteroatoms. The van der Waals surface area contributed by atoms with Crippen LogP contribution in [-0.2, 0) is 0 Å². The van der Waals surface area contributed by atoms with Gasteiger partial charge in [0.2, 0.25) is 0 Å². The number of amidine groups is 1. The summed E-state index contributed by atoms with van der Waals surface area (Å²) in [5.74, 6) is 0.840. The van der Waals surface area contributed by atoms with Crippen molar-refractivity contribution >= 4 is 5.84 Å². The normalized spacial score (nSPS) is 14.2. The van der Waals surface area contributed by atoms with Crippen molar-refractivity contribution in [2.75, 3.05) is 0 Å². The molecule has 0 radical (unpaired) electrons. The summed E-state index contributed by atoms with van der Waals surface area (Å²) in [5, 5.41) is 7.72. The monoisotopic (exact) mass is 921 g/mol. The Hall–Kier alpha value is -9.15. The molecule has 0 aromatic heterocycles. The van der Waals surface area contributed by atoms with Crippen LogP contribution >= 0.6 is 0 Å². The summed E-state index contributed by atoms with van der Waals surface area (Å²) in [6.07, 6.45) is -0.522. The fraction of sp³-hybridized carbons (Fsp3) is 0.0290. The highest BCUT2D eigenvalue weighted by Crippen LogP contribution is 2.35. The lowest BCUT2D eigenvalue weighted by Gasteiger charge is -2.32. The van der Waals surface area contributed by atoms with Crippen LogP contribution in [0.25, 0.3) is 89.0 Å². The van der Waals surface area contributed by atoms with Gasteiger partial charge in [-0.1, -0.05) is 243 Å². The van der Waals surface area contributed by atoms with Crippen molar-refractivity contribution in [1.82, 2.24) is 10.6 Å². The number of hydrogen-bond acceptors (Lipinski definition) is 3. The van der Waals surface area contributed by atoms with Crippen LogP contribution in [0.2, 0.25) is 0 Å². The molecule has 0 saturated carbocycles. The molecule has 0 aliphatic carbocycles. The number of hydrogen-bond donors (Lipinski definition) is 2. The second-order valence-electron chi connectivity index (χ2n) is 18.5. The molecule has 0 bridgehead atoms. The van der Waals surface area contributed by atoms with E-state index < -0.39 is 0 Å². The van der Waals surface area contributed by atoms with Crippen molar-refractivity contribution in [2.24, 2.45) is 4.99 Å². The molecule has 72 heavy (non-hydrogen) atoms. The lowest BCUT2D eigenvalue weighted by Crippen LogP contribution is -2.45. The Kier molecular flexibility index (Phi) is 12.3. The van der Waals surface area contributed by atoms with E-state index in [-0.39, 0.29) is 12.3 Å². The zero-order chi connectivity index (χ0) is 48.1. The summed E-state index contributed by atoms with van der Waals surface area (Å²) in [5.41, 5.74) is 22.2. The highest BCUT2D eigenvalue weighted by molar-refractivity contribution is 6.00. The standard InChI is InChI=1S/C69H51N3/c1-4-17-48(18-5-1)53-23-10-28-58(41-53)59-29-12-25-55(43-59)51-37-39-52(40-38-51)56-26-13-31-61(44-56)63-33-16-36-66(47-63)69-71-67(64-34-14-27-57(45-64)50-21-8-3-9-22-50)70-68(72-69)65-35-15-32-62(46-65)60-30-11-24-54(42-60)49-19-6-2-7-20-49/h1-47,67-68,70H,(H,71,72). The number of nitrogens with zero attached hydrogens (tertiary/aromatic N) is 1. The van der Waals surface area contributed by atoms with Crippen LogP contribution in [0, 0.1) is 0 Å². The van der Waals surface area contributed by atoms with Gasteiger partial charge in [0, 0.05) is 5.56 Å². The van der Waals surface area contributed by atoms with Gasteiger partial charge in [0.25, 0.3) is 0 Å². The third-order valence-electron chi connectivity index (χ3n) is 13.7. The number of benzene rings is 11. The molecule has 1 heterocycles. The van der Waals surface area contributed by atoms with Gasteiger partial charge in [-0.3, -0.25) is 5.32 Å². The Balaban J connectivity index is 0.837. The van der Waals surface area contributed by atoms with Crippen LogP contribution < -0.4 is 10.6 Å². The van der Waals surface area contributed by atoms with Gasteiger partial charge in [0.05, 0.1) is 0 Å². The van der Waals surface area contributed by atoms with Crippen molar-refractivity contribution in [3.8, 4) is 89.0 Å². The minimum Gasteiger partial charge on any atom is -0.350 e. The van der Waals surface area contributed by atoms with Crippen molar-refractivity contribution in [2.45, 2.75) is 12.3 Å². The first-order valence-electron chi connectivity index (χ1n) is 24.7. The number of nitrogens with one attached hydrogen (secondary N) is 2. The van der Waals surface area contributed by atoms with Gasteiger partial charge in [-0.2, -0.15) is 0 Å². The Morgan fingerprint density at radius 1 is 0.222 bits per heavy atom. The maximum atomic E-state index is 5.44. The average molecular weight is 922 g/mol. The van der Waals surface area contributed by atoms with Crippen molar-refractivity contribution in [3.63, 3.8) is 0 Å². The summed E-state index contributed by atoms with van der Waals surface area (Å²) in [4.78, 5) is 5.44. The van der Waals surface area contributed by atoms with E-state index in [1.807, 2.05) is 0 Å². The molecule has 11 aromatic carbocycles. The molecule has 0 saturated heterocycles. The second kappa shape index (κ2) is 20.1. The van der Waals surface area contributed by atoms with Crippen LogP contribution in [-0.4, -0.2) is 5.84 Å². The lowest BCUT2D eigenvalue weighted by atomic mass is 9.94. The predicted octanol–water partition coefficient (Wildman–Crippen LogP) is 17.4. The summed E-state index contributed by atoms with van der Waals surface area (Å²) in [6.45, 7) is 0. The molecule has 2 atom stereocenters. The van der Waals surface area contributed by atoms with E-state index in [0.29, 0.717) is 0 Å². The maximum Gasteiger partial charge on any atom is 0.131 e. The lowest BCUT2D eigenvalue weighted by molar-refractivity contribution is 0.409. The van der Waals surface area contributed by atoms with Crippen molar-refractivity contribution in [3.05, 3.63) is 302 Å². The third-order valence-corrected chi connectivity index (χ3v) is 13.7. The van der Waals surface area contributed by atoms with E-state index in [1.165, 1.54) is 72.3 Å². The van der Waals surface area contributed by atoms with Gasteiger partial charge in [0.15, 0.2) is 0 Å². The molecule has 0 spiro atoms. The van der Waals surface area contributed by atoms with E-state index in [9.17, 15) is 0 Å². The van der Waals surface area contributed by atoms with E-state index in [2.05, 4.69) is 296 Å². The fourth-order valence-electron chi connectivity index (χ4n) is 9.94. The van der Waals surface area contributed by atoms with Gasteiger partial charge < -0.3 is 5.32 Å². The van der Waals surface area contributed by atoms with Gasteiger partial charge >= 0.3 is 0 Å². The SMILES string of the molecule is c1ccc(-c2cccc(-c3cccc(-c4ccc(-c5cccc(-c6cccc(C7=NC(c8cccc(-c9cccc(-c%10ccccc%10)c9)c8)NC(c8cccc(-c9ccccc9)c8)N7)c6)c5)cc4)c3)c2)cc1. The molecule has 1 aliphatic rings.